The summed E-state index contributed by atoms with van der Waals surface area (Å²) in [4.78, 5) is 37.0. The molecule has 140 valence electrons. The summed E-state index contributed by atoms with van der Waals surface area (Å²) in [6.07, 6.45) is 1.82. The number of piperazine rings is 1. The molecule has 2 aromatic heterocycles. The number of carbonyl (C=O) groups excluding carboxylic acids is 1. The fraction of sp³-hybridized carbons (Fsp3) is 0.350. The number of aromatic amines is 1. The summed E-state index contributed by atoms with van der Waals surface area (Å²) in [5.41, 5.74) is 1.46. The Bertz CT molecular complexity index is 1020. The van der Waals surface area contributed by atoms with Gasteiger partial charge < -0.3 is 9.88 Å². The number of hydrogen-bond donors (Lipinski definition) is 1. The van der Waals surface area contributed by atoms with E-state index in [1.807, 2.05) is 42.8 Å². The lowest BCUT2D eigenvalue weighted by Crippen LogP contribution is -2.50. The van der Waals surface area contributed by atoms with Crippen LogP contribution in [0.15, 0.2) is 40.6 Å². The Morgan fingerprint density at radius 3 is 2.67 bits per heavy atom. The minimum absolute atomic E-state index is 0.180. The maximum Gasteiger partial charge on any atom is 0.261 e. The smallest absolute Gasteiger partial charge is 0.261 e. The minimum atomic E-state index is -0.310. The summed E-state index contributed by atoms with van der Waals surface area (Å²) in [7, 11) is 0. The van der Waals surface area contributed by atoms with Crippen LogP contribution in [0.2, 0.25) is 0 Å². The summed E-state index contributed by atoms with van der Waals surface area (Å²) >= 11 is 1.65. The lowest BCUT2D eigenvalue weighted by Gasteiger charge is -2.37. The molecule has 27 heavy (non-hydrogen) atoms. The topological polar surface area (TPSA) is 69.3 Å². The third kappa shape index (κ3) is 3.28. The summed E-state index contributed by atoms with van der Waals surface area (Å²) in [6.45, 7) is 6.77. The molecule has 4 rings (SSSR count). The van der Waals surface area contributed by atoms with E-state index in [4.69, 9.17) is 0 Å². The van der Waals surface area contributed by atoms with Gasteiger partial charge in [-0.3, -0.25) is 14.5 Å². The molecule has 1 amide bonds. The lowest BCUT2D eigenvalue weighted by atomic mass is 10.0. The van der Waals surface area contributed by atoms with E-state index >= 15 is 0 Å². The van der Waals surface area contributed by atoms with Crippen molar-refractivity contribution < 1.29 is 4.79 Å². The molecule has 1 saturated heterocycles. The molecule has 6 nitrogen and oxygen atoms in total. The zero-order valence-corrected chi connectivity index (χ0v) is 16.3. The first-order valence-electron chi connectivity index (χ1n) is 9.10. The van der Waals surface area contributed by atoms with Gasteiger partial charge in [0, 0.05) is 48.7 Å². The molecule has 1 aliphatic rings. The number of H-pyrrole nitrogens is 1. The van der Waals surface area contributed by atoms with Gasteiger partial charge in [0.25, 0.3) is 11.5 Å². The fourth-order valence-corrected chi connectivity index (χ4v) is 4.46. The number of pyridine rings is 1. The Morgan fingerprint density at radius 2 is 1.96 bits per heavy atom. The highest BCUT2D eigenvalue weighted by atomic mass is 32.1. The van der Waals surface area contributed by atoms with Crippen LogP contribution in [-0.2, 0) is 0 Å². The van der Waals surface area contributed by atoms with E-state index in [1.165, 1.54) is 0 Å². The number of hydrogen-bond acceptors (Lipinski definition) is 5. The van der Waals surface area contributed by atoms with Gasteiger partial charge in [0.2, 0.25) is 0 Å². The number of fused-ring (bicyclic) bond motifs is 1. The van der Waals surface area contributed by atoms with Crippen LogP contribution in [-0.4, -0.2) is 51.9 Å². The molecular formula is C20H22N4O2S. The Balaban J connectivity index is 1.53. The van der Waals surface area contributed by atoms with Gasteiger partial charge in [-0.2, -0.15) is 0 Å². The number of para-hydroxylation sites is 1. The molecule has 0 radical (unpaired) electrons. The lowest BCUT2D eigenvalue weighted by molar-refractivity contribution is 0.0580. The Morgan fingerprint density at radius 1 is 1.22 bits per heavy atom. The summed E-state index contributed by atoms with van der Waals surface area (Å²) in [6, 6.07) is 7.83. The SMILES string of the molecule is Cc1c(C(=O)N2CCN(C(C)c3nccs3)CC2)c(=O)[nH]c2ccccc12. The number of benzene rings is 1. The van der Waals surface area contributed by atoms with Crippen molar-refractivity contribution in [2.75, 3.05) is 26.2 Å². The summed E-state index contributed by atoms with van der Waals surface area (Å²) < 4.78 is 0. The molecule has 1 aromatic carbocycles. The standard InChI is InChI=1S/C20H22N4O2S/c1-13-15-5-3-4-6-16(15)22-18(25)17(13)20(26)24-10-8-23(9-11-24)14(2)19-21-7-12-27-19/h3-7,12,14H,8-11H2,1-2H3,(H,22,25). The van der Waals surface area contributed by atoms with Crippen LogP contribution in [0.1, 0.15) is 33.9 Å². The first-order valence-corrected chi connectivity index (χ1v) is 9.98. The van der Waals surface area contributed by atoms with Crippen molar-refractivity contribution in [2.45, 2.75) is 19.9 Å². The van der Waals surface area contributed by atoms with Crippen molar-refractivity contribution >= 4 is 28.1 Å². The number of aryl methyl sites for hydroxylation is 1. The van der Waals surface area contributed by atoms with Crippen molar-refractivity contribution in [3.8, 4) is 0 Å². The second kappa shape index (κ2) is 7.25. The quantitative estimate of drug-likeness (QED) is 0.756. The van der Waals surface area contributed by atoms with Crippen LogP contribution in [0.25, 0.3) is 10.9 Å². The molecule has 1 unspecified atom stereocenters. The van der Waals surface area contributed by atoms with Gasteiger partial charge in [0.1, 0.15) is 10.6 Å². The first-order chi connectivity index (χ1) is 13.1. The van der Waals surface area contributed by atoms with E-state index in [1.54, 1.807) is 16.2 Å². The van der Waals surface area contributed by atoms with Gasteiger partial charge >= 0.3 is 0 Å². The second-order valence-corrected chi connectivity index (χ2v) is 7.80. The van der Waals surface area contributed by atoms with Crippen molar-refractivity contribution in [2.24, 2.45) is 0 Å². The molecule has 3 aromatic rings. The number of amides is 1. The monoisotopic (exact) mass is 382 g/mol. The van der Waals surface area contributed by atoms with Crippen LogP contribution < -0.4 is 5.56 Å². The predicted molar refractivity (Wildman–Crippen MR) is 107 cm³/mol. The van der Waals surface area contributed by atoms with E-state index < -0.39 is 0 Å². The van der Waals surface area contributed by atoms with Crippen molar-refractivity contribution in [1.29, 1.82) is 0 Å². The fourth-order valence-electron chi connectivity index (χ4n) is 3.73. The molecular weight excluding hydrogens is 360 g/mol. The molecule has 1 N–H and O–H groups in total. The average molecular weight is 382 g/mol. The average Bonchev–Trinajstić information content (AvgIpc) is 3.22. The van der Waals surface area contributed by atoms with E-state index in [9.17, 15) is 9.59 Å². The Kier molecular flexibility index (Phi) is 4.80. The first kappa shape index (κ1) is 17.9. The maximum absolute atomic E-state index is 13.1. The van der Waals surface area contributed by atoms with Gasteiger partial charge in [0.05, 0.1) is 6.04 Å². The Hall–Kier alpha value is -2.51. The highest BCUT2D eigenvalue weighted by Crippen LogP contribution is 2.24. The van der Waals surface area contributed by atoms with Gasteiger partial charge in [0.15, 0.2) is 0 Å². The molecule has 0 saturated carbocycles. The molecule has 0 aliphatic carbocycles. The molecule has 0 spiro atoms. The number of rotatable bonds is 3. The Labute approximate surface area is 161 Å². The zero-order chi connectivity index (χ0) is 19.0. The van der Waals surface area contributed by atoms with E-state index in [0.29, 0.717) is 13.1 Å². The number of nitrogens with zero attached hydrogens (tertiary/aromatic N) is 3. The predicted octanol–water partition coefficient (Wildman–Crippen LogP) is 2.81. The van der Waals surface area contributed by atoms with Gasteiger partial charge in [-0.05, 0) is 25.5 Å². The van der Waals surface area contributed by atoms with Crippen molar-refractivity contribution in [3.05, 3.63) is 62.3 Å². The van der Waals surface area contributed by atoms with E-state index in [0.717, 1.165) is 34.6 Å². The third-order valence-corrected chi connectivity index (χ3v) is 6.30. The largest absolute Gasteiger partial charge is 0.336 e. The van der Waals surface area contributed by atoms with Crippen molar-refractivity contribution in [3.63, 3.8) is 0 Å². The number of thiazole rings is 1. The van der Waals surface area contributed by atoms with Crippen LogP contribution in [0.4, 0.5) is 0 Å². The maximum atomic E-state index is 13.1. The molecule has 0 bridgehead atoms. The molecule has 1 aliphatic heterocycles. The van der Waals surface area contributed by atoms with Gasteiger partial charge in [-0.15, -0.1) is 11.3 Å². The molecule has 1 fully saturated rings. The van der Waals surface area contributed by atoms with E-state index in [2.05, 4.69) is 21.8 Å². The third-order valence-electron chi connectivity index (χ3n) is 5.35. The number of carbonyl (C=O) groups is 1. The van der Waals surface area contributed by atoms with E-state index in [-0.39, 0.29) is 23.1 Å². The number of aromatic nitrogens is 2. The number of nitrogens with one attached hydrogen (secondary N) is 1. The molecule has 3 heterocycles. The van der Waals surface area contributed by atoms with Crippen LogP contribution in [0.3, 0.4) is 0 Å². The summed E-state index contributed by atoms with van der Waals surface area (Å²) in [5.74, 6) is -0.180. The van der Waals surface area contributed by atoms with Crippen LogP contribution in [0, 0.1) is 6.92 Å². The second-order valence-electron chi connectivity index (χ2n) is 6.87. The summed E-state index contributed by atoms with van der Waals surface area (Å²) in [5, 5.41) is 3.99. The molecule has 1 atom stereocenters. The minimum Gasteiger partial charge on any atom is -0.336 e. The van der Waals surface area contributed by atoms with Gasteiger partial charge in [-0.1, -0.05) is 18.2 Å². The van der Waals surface area contributed by atoms with Crippen LogP contribution in [0.5, 0.6) is 0 Å². The highest BCUT2D eigenvalue weighted by molar-refractivity contribution is 7.09. The van der Waals surface area contributed by atoms with Crippen LogP contribution >= 0.6 is 11.3 Å². The van der Waals surface area contributed by atoms with Gasteiger partial charge in [-0.25, -0.2) is 4.98 Å². The highest BCUT2D eigenvalue weighted by Gasteiger charge is 2.28. The molecule has 7 heteroatoms. The van der Waals surface area contributed by atoms with Crippen molar-refractivity contribution in [1.82, 2.24) is 19.8 Å². The normalized spacial score (nSPS) is 16.6. The zero-order valence-electron chi connectivity index (χ0n) is 15.4.